The van der Waals surface area contributed by atoms with Gasteiger partial charge in [0.05, 0.1) is 5.52 Å². The summed E-state index contributed by atoms with van der Waals surface area (Å²) in [6, 6.07) is 17.8. The Bertz CT molecular complexity index is 1010. The van der Waals surface area contributed by atoms with Crippen molar-refractivity contribution >= 4 is 28.2 Å². The molecule has 0 radical (unpaired) electrons. The summed E-state index contributed by atoms with van der Waals surface area (Å²) >= 11 is 6.16. The normalized spacial score (nSPS) is 20.9. The van der Waals surface area contributed by atoms with E-state index in [4.69, 9.17) is 11.6 Å². The average molecular weight is 421 g/mol. The van der Waals surface area contributed by atoms with Crippen molar-refractivity contribution in [1.82, 2.24) is 14.8 Å². The van der Waals surface area contributed by atoms with Gasteiger partial charge in [-0.1, -0.05) is 41.4 Å². The molecule has 3 heterocycles. The summed E-state index contributed by atoms with van der Waals surface area (Å²) < 4.78 is 0. The van der Waals surface area contributed by atoms with Gasteiger partial charge in [-0.25, -0.2) is 0 Å². The highest BCUT2D eigenvalue weighted by Crippen LogP contribution is 2.31. The van der Waals surface area contributed by atoms with Gasteiger partial charge in [0.2, 0.25) is 0 Å². The van der Waals surface area contributed by atoms with Crippen molar-refractivity contribution in [3.63, 3.8) is 0 Å². The number of aromatic nitrogens is 1. The maximum atomic E-state index is 6.16. The Hall–Kier alpha value is -2.14. The second-order valence-electron chi connectivity index (χ2n) is 8.68. The number of nitrogens with zero attached hydrogens (tertiary/aromatic N) is 4. The molecule has 0 N–H and O–H groups in total. The van der Waals surface area contributed by atoms with E-state index in [1.807, 2.05) is 18.3 Å². The van der Waals surface area contributed by atoms with Crippen LogP contribution in [-0.4, -0.2) is 60.1 Å². The minimum Gasteiger partial charge on any atom is -0.369 e. The molecule has 4 nitrogen and oxygen atoms in total. The molecule has 1 unspecified atom stereocenters. The maximum Gasteiger partial charge on any atom is 0.0737 e. The first-order valence-electron chi connectivity index (χ1n) is 11.0. The lowest BCUT2D eigenvalue weighted by molar-refractivity contribution is 0.0987. The van der Waals surface area contributed by atoms with Gasteiger partial charge in [0.1, 0.15) is 0 Å². The predicted octanol–water partition coefficient (Wildman–Crippen LogP) is 4.59. The van der Waals surface area contributed by atoms with Crippen LogP contribution in [0.2, 0.25) is 5.02 Å². The van der Waals surface area contributed by atoms with Crippen LogP contribution in [0.1, 0.15) is 17.5 Å². The fourth-order valence-corrected chi connectivity index (χ4v) is 5.05. The van der Waals surface area contributed by atoms with E-state index in [9.17, 15) is 0 Å². The van der Waals surface area contributed by atoms with Crippen molar-refractivity contribution in [3.8, 4) is 0 Å². The largest absolute Gasteiger partial charge is 0.369 e. The molecular weight excluding hydrogens is 392 g/mol. The van der Waals surface area contributed by atoms with Crippen LogP contribution in [0.15, 0.2) is 54.7 Å². The van der Waals surface area contributed by atoms with E-state index in [2.05, 4.69) is 63.0 Å². The minimum absolute atomic E-state index is 0.641. The van der Waals surface area contributed by atoms with Crippen molar-refractivity contribution < 1.29 is 0 Å². The summed E-state index contributed by atoms with van der Waals surface area (Å²) in [5.41, 5.74) is 5.02. The van der Waals surface area contributed by atoms with Gasteiger partial charge in [0, 0.05) is 74.1 Å². The second kappa shape index (κ2) is 8.54. The maximum absolute atomic E-state index is 6.16. The smallest absolute Gasteiger partial charge is 0.0737 e. The molecule has 30 heavy (non-hydrogen) atoms. The Balaban J connectivity index is 1.20. The molecule has 2 aliphatic heterocycles. The number of halogens is 1. The zero-order chi connectivity index (χ0) is 20.5. The van der Waals surface area contributed by atoms with E-state index in [1.165, 1.54) is 28.6 Å². The van der Waals surface area contributed by atoms with E-state index in [-0.39, 0.29) is 0 Å². The number of anilines is 1. The highest BCUT2D eigenvalue weighted by molar-refractivity contribution is 6.31. The molecule has 2 aliphatic rings. The van der Waals surface area contributed by atoms with Crippen molar-refractivity contribution in [2.45, 2.75) is 25.9 Å². The monoisotopic (exact) mass is 420 g/mol. The third-order valence-electron chi connectivity index (χ3n) is 6.64. The zero-order valence-electron chi connectivity index (χ0n) is 17.6. The Morgan fingerprint density at radius 2 is 1.77 bits per heavy atom. The molecule has 0 amide bonds. The molecule has 2 aromatic carbocycles. The Morgan fingerprint density at radius 1 is 0.967 bits per heavy atom. The molecule has 2 saturated heterocycles. The first kappa shape index (κ1) is 19.8. The average Bonchev–Trinajstić information content (AvgIpc) is 3.25. The molecule has 3 aromatic rings. The molecule has 156 valence electrons. The highest BCUT2D eigenvalue weighted by Gasteiger charge is 2.30. The van der Waals surface area contributed by atoms with E-state index < -0.39 is 0 Å². The second-order valence-corrected chi connectivity index (χ2v) is 9.11. The number of fused-ring (bicyclic) bond motifs is 1. The van der Waals surface area contributed by atoms with E-state index in [0.29, 0.717) is 6.04 Å². The third-order valence-corrected chi connectivity index (χ3v) is 6.87. The lowest BCUT2D eigenvalue weighted by atomic mass is 10.1. The number of rotatable bonds is 4. The molecule has 0 spiro atoms. The quantitative estimate of drug-likeness (QED) is 0.615. The molecule has 0 aliphatic carbocycles. The summed E-state index contributed by atoms with van der Waals surface area (Å²) in [6.07, 6.45) is 3.14. The molecule has 2 fully saturated rings. The molecule has 1 aromatic heterocycles. The topological polar surface area (TPSA) is 22.6 Å². The Morgan fingerprint density at radius 3 is 2.57 bits per heavy atom. The number of hydrogen-bond donors (Lipinski definition) is 0. The lowest BCUT2D eigenvalue weighted by Crippen LogP contribution is -2.50. The van der Waals surface area contributed by atoms with Crippen LogP contribution >= 0.6 is 11.6 Å². The van der Waals surface area contributed by atoms with Crippen molar-refractivity contribution in [2.75, 3.05) is 44.2 Å². The SMILES string of the molecule is Cc1ccc(CN2CCN(C3CCN(c4ccnc5cc(Cl)ccc45)C3)CC2)cc1. The van der Waals surface area contributed by atoms with Gasteiger partial charge in [-0.3, -0.25) is 14.8 Å². The number of pyridine rings is 1. The van der Waals surface area contributed by atoms with Gasteiger partial charge in [-0.05, 0) is 43.2 Å². The van der Waals surface area contributed by atoms with Crippen LogP contribution in [0.3, 0.4) is 0 Å². The van der Waals surface area contributed by atoms with Crippen molar-refractivity contribution in [3.05, 3.63) is 70.9 Å². The van der Waals surface area contributed by atoms with Gasteiger partial charge in [-0.2, -0.15) is 0 Å². The molecular formula is C25H29ClN4. The fraction of sp³-hybridized carbons (Fsp3) is 0.400. The summed E-state index contributed by atoms with van der Waals surface area (Å²) in [5, 5.41) is 1.94. The van der Waals surface area contributed by atoms with Crippen LogP contribution in [-0.2, 0) is 6.54 Å². The summed E-state index contributed by atoms with van der Waals surface area (Å²) in [7, 11) is 0. The first-order valence-corrected chi connectivity index (χ1v) is 11.3. The third kappa shape index (κ3) is 4.18. The summed E-state index contributed by atoms with van der Waals surface area (Å²) in [5.74, 6) is 0. The van der Waals surface area contributed by atoms with Gasteiger partial charge >= 0.3 is 0 Å². The van der Waals surface area contributed by atoms with Gasteiger partial charge in [0.15, 0.2) is 0 Å². The lowest BCUT2D eigenvalue weighted by Gasteiger charge is -2.38. The van der Waals surface area contributed by atoms with Crippen LogP contribution in [0.5, 0.6) is 0 Å². The molecule has 0 bridgehead atoms. The number of hydrogen-bond acceptors (Lipinski definition) is 4. The Labute approximate surface area is 184 Å². The van der Waals surface area contributed by atoms with Gasteiger partial charge < -0.3 is 4.90 Å². The van der Waals surface area contributed by atoms with Crippen LogP contribution in [0.4, 0.5) is 5.69 Å². The van der Waals surface area contributed by atoms with E-state index in [0.717, 1.165) is 56.4 Å². The van der Waals surface area contributed by atoms with Crippen molar-refractivity contribution in [2.24, 2.45) is 0 Å². The van der Waals surface area contributed by atoms with Crippen molar-refractivity contribution in [1.29, 1.82) is 0 Å². The van der Waals surface area contributed by atoms with E-state index in [1.54, 1.807) is 0 Å². The standard InChI is InChI=1S/C25H29ClN4/c1-19-2-4-20(5-3-19)17-28-12-14-29(15-13-28)22-9-11-30(18-22)25-8-10-27-24-16-21(26)6-7-23(24)25/h2-8,10,16,22H,9,11-15,17-18H2,1H3. The van der Waals surface area contributed by atoms with Gasteiger partial charge in [0.25, 0.3) is 0 Å². The fourth-order valence-electron chi connectivity index (χ4n) is 4.88. The number of piperazine rings is 1. The Kier molecular flexibility index (Phi) is 5.64. The molecule has 1 atom stereocenters. The van der Waals surface area contributed by atoms with E-state index >= 15 is 0 Å². The van der Waals surface area contributed by atoms with Crippen LogP contribution in [0.25, 0.3) is 10.9 Å². The summed E-state index contributed by atoms with van der Waals surface area (Å²) in [4.78, 5) is 12.3. The predicted molar refractivity (Wildman–Crippen MR) is 125 cm³/mol. The molecule has 0 saturated carbocycles. The zero-order valence-corrected chi connectivity index (χ0v) is 18.4. The molecule has 5 rings (SSSR count). The number of aryl methyl sites for hydroxylation is 1. The molecule has 5 heteroatoms. The number of benzene rings is 2. The first-order chi connectivity index (χ1) is 14.7. The van der Waals surface area contributed by atoms with Crippen LogP contribution in [0, 0.1) is 6.92 Å². The summed E-state index contributed by atoms with van der Waals surface area (Å²) in [6.45, 7) is 10.1. The van der Waals surface area contributed by atoms with Crippen LogP contribution < -0.4 is 4.90 Å². The highest BCUT2D eigenvalue weighted by atomic mass is 35.5. The minimum atomic E-state index is 0.641. The van der Waals surface area contributed by atoms with Gasteiger partial charge in [-0.15, -0.1) is 0 Å².